The van der Waals surface area contributed by atoms with Crippen LogP contribution in [0.2, 0.25) is 0 Å². The van der Waals surface area contributed by atoms with E-state index in [-0.39, 0.29) is 12.2 Å². The molecule has 0 amide bonds. The number of esters is 1. The average Bonchev–Trinajstić information content (AvgIpc) is 2.23. The van der Waals surface area contributed by atoms with Gasteiger partial charge in [0.25, 0.3) is 0 Å². The third-order valence-corrected chi connectivity index (χ3v) is 2.70. The van der Waals surface area contributed by atoms with Gasteiger partial charge in [-0.05, 0) is 42.0 Å². The van der Waals surface area contributed by atoms with Crippen LogP contribution in [0.3, 0.4) is 0 Å². The van der Waals surface area contributed by atoms with Crippen molar-refractivity contribution >= 4 is 33.7 Å². The van der Waals surface area contributed by atoms with Gasteiger partial charge in [0.15, 0.2) is 0 Å². The van der Waals surface area contributed by atoms with Crippen molar-refractivity contribution in [1.29, 1.82) is 0 Å². The Bertz CT molecular complexity index is 369. The number of ether oxygens (including phenoxy) is 1. The lowest BCUT2D eigenvalue weighted by atomic mass is 10.1. The molecule has 0 bridgehead atoms. The minimum absolute atomic E-state index is 0.256. The molecule has 0 saturated carbocycles. The van der Waals surface area contributed by atoms with Crippen molar-refractivity contribution in [3.8, 4) is 0 Å². The summed E-state index contributed by atoms with van der Waals surface area (Å²) >= 11 is 8.58. The zero-order valence-electron chi connectivity index (χ0n) is 8.47. The fraction of sp³-hybridized carbons (Fsp3) is 0.300. The van der Waals surface area contributed by atoms with E-state index in [1.54, 1.807) is 6.07 Å². The molecule has 0 spiro atoms. The number of rotatable bonds is 4. The van der Waals surface area contributed by atoms with Gasteiger partial charge in [0.1, 0.15) is 11.9 Å². The number of benzene rings is 1. The first-order valence-electron chi connectivity index (χ1n) is 4.45. The molecule has 0 unspecified atom stereocenters. The molecule has 0 aliphatic carbocycles. The molecule has 0 aliphatic heterocycles. The van der Waals surface area contributed by atoms with Gasteiger partial charge in [-0.15, -0.1) is 0 Å². The summed E-state index contributed by atoms with van der Waals surface area (Å²) < 4.78 is 18.2. The Kier molecular flexibility index (Phi) is 5.18. The van der Waals surface area contributed by atoms with Gasteiger partial charge >= 0.3 is 5.97 Å². The minimum atomic E-state index is -0.694. The van der Waals surface area contributed by atoms with Crippen molar-refractivity contribution in [2.24, 2.45) is 0 Å². The normalized spacial score (nSPS) is 12.2. The predicted molar refractivity (Wildman–Crippen MR) is 62.6 cm³/mol. The van der Waals surface area contributed by atoms with Crippen molar-refractivity contribution < 1.29 is 13.9 Å². The molecule has 0 radical (unpaired) electrons. The van der Waals surface area contributed by atoms with E-state index in [0.29, 0.717) is 10.0 Å². The van der Waals surface area contributed by atoms with Crippen LogP contribution >= 0.6 is 27.7 Å². The number of halogens is 3. The fourth-order valence-corrected chi connectivity index (χ4v) is 1.95. The first kappa shape index (κ1) is 13.4. The highest BCUT2D eigenvalue weighted by Crippen LogP contribution is 2.16. The summed E-state index contributed by atoms with van der Waals surface area (Å²) in [6.07, 6.45) is 0.256. The van der Waals surface area contributed by atoms with E-state index in [9.17, 15) is 9.18 Å². The molecule has 1 aromatic rings. The van der Waals surface area contributed by atoms with Crippen molar-refractivity contribution in [2.45, 2.75) is 12.5 Å². The van der Waals surface area contributed by atoms with Crippen LogP contribution in [0.15, 0.2) is 22.7 Å². The molecule has 1 atom stereocenters. The Labute approximate surface area is 106 Å². The van der Waals surface area contributed by atoms with Crippen molar-refractivity contribution in [2.75, 3.05) is 7.11 Å². The molecule has 0 aliphatic rings. The van der Waals surface area contributed by atoms with E-state index in [2.05, 4.69) is 25.5 Å². The first-order valence-corrected chi connectivity index (χ1v) is 5.63. The lowest BCUT2D eigenvalue weighted by Crippen LogP contribution is -2.34. The summed E-state index contributed by atoms with van der Waals surface area (Å²) in [4.78, 5) is 13.5. The second kappa shape index (κ2) is 6.18. The Morgan fingerprint density at radius 1 is 1.62 bits per heavy atom. The molecule has 88 valence electrons. The number of nitrogens with one attached hydrogen (secondary N) is 1. The largest absolute Gasteiger partial charge is 0.468 e. The van der Waals surface area contributed by atoms with Gasteiger partial charge in [-0.25, -0.2) is 9.23 Å². The zero-order valence-corrected chi connectivity index (χ0v) is 10.8. The van der Waals surface area contributed by atoms with Crippen LogP contribution < -0.4 is 4.84 Å². The van der Waals surface area contributed by atoms with E-state index in [0.717, 1.165) is 0 Å². The maximum Gasteiger partial charge on any atom is 0.324 e. The Hall–Kier alpha value is -0.650. The average molecular weight is 311 g/mol. The second-order valence-corrected chi connectivity index (χ2v) is 4.30. The number of hydrogen-bond donors (Lipinski definition) is 1. The highest BCUT2D eigenvalue weighted by atomic mass is 79.9. The topological polar surface area (TPSA) is 38.3 Å². The van der Waals surface area contributed by atoms with Gasteiger partial charge < -0.3 is 4.74 Å². The van der Waals surface area contributed by atoms with Crippen LogP contribution in [0.25, 0.3) is 0 Å². The zero-order chi connectivity index (χ0) is 12.1. The highest BCUT2D eigenvalue weighted by molar-refractivity contribution is 9.10. The third-order valence-electron chi connectivity index (χ3n) is 1.98. The fourth-order valence-electron chi connectivity index (χ4n) is 1.27. The summed E-state index contributed by atoms with van der Waals surface area (Å²) in [7, 11) is 1.27. The van der Waals surface area contributed by atoms with Gasteiger partial charge in [0.2, 0.25) is 0 Å². The van der Waals surface area contributed by atoms with Crippen LogP contribution in [0.4, 0.5) is 4.39 Å². The molecule has 0 saturated heterocycles. The molecule has 1 N–H and O–H groups in total. The highest BCUT2D eigenvalue weighted by Gasteiger charge is 2.18. The first-order chi connectivity index (χ1) is 7.56. The number of hydrogen-bond acceptors (Lipinski definition) is 3. The number of carbonyl (C=O) groups is 1. The molecular formula is C10H10BrClFNO2. The number of carbonyl (C=O) groups excluding carboxylic acids is 1. The van der Waals surface area contributed by atoms with Crippen molar-refractivity contribution in [3.63, 3.8) is 0 Å². The SMILES string of the molecule is COC(=O)[C@H](Cc1cc(F)cc(Br)c1)NCl. The molecule has 6 heteroatoms. The van der Waals surface area contributed by atoms with Gasteiger partial charge in [0.05, 0.1) is 7.11 Å². The minimum Gasteiger partial charge on any atom is -0.468 e. The molecule has 1 rings (SSSR count). The summed E-state index contributed by atoms with van der Waals surface area (Å²) in [5.74, 6) is -0.863. The standard InChI is InChI=1S/C10H10BrClFNO2/c1-16-10(15)9(14-12)4-6-2-7(11)5-8(13)3-6/h2-3,5,9,14H,4H2,1H3/t9-/m0/s1. The third kappa shape index (κ3) is 3.73. The maximum absolute atomic E-state index is 13.1. The molecular weight excluding hydrogens is 300 g/mol. The Morgan fingerprint density at radius 3 is 2.81 bits per heavy atom. The van der Waals surface area contributed by atoms with Crippen LogP contribution in [0.5, 0.6) is 0 Å². The maximum atomic E-state index is 13.1. The van der Waals surface area contributed by atoms with Gasteiger partial charge in [-0.2, -0.15) is 0 Å². The van der Waals surface area contributed by atoms with Gasteiger partial charge in [-0.1, -0.05) is 15.9 Å². The predicted octanol–water partition coefficient (Wildman–Crippen LogP) is 2.42. The molecule has 16 heavy (non-hydrogen) atoms. The van der Waals surface area contributed by atoms with E-state index < -0.39 is 12.0 Å². The summed E-state index contributed by atoms with van der Waals surface area (Å²) in [5, 5.41) is 0. The summed E-state index contributed by atoms with van der Waals surface area (Å²) in [5.41, 5.74) is 0.649. The van der Waals surface area contributed by atoms with E-state index >= 15 is 0 Å². The van der Waals surface area contributed by atoms with Crippen molar-refractivity contribution in [1.82, 2.24) is 4.84 Å². The quantitative estimate of drug-likeness (QED) is 0.685. The molecule has 0 aromatic heterocycles. The van der Waals surface area contributed by atoms with Gasteiger partial charge in [-0.3, -0.25) is 4.79 Å². The molecule has 0 fully saturated rings. The molecule has 3 nitrogen and oxygen atoms in total. The van der Waals surface area contributed by atoms with E-state index in [4.69, 9.17) is 11.8 Å². The van der Waals surface area contributed by atoms with Crippen LogP contribution in [-0.4, -0.2) is 19.1 Å². The lowest BCUT2D eigenvalue weighted by molar-refractivity contribution is -0.142. The second-order valence-electron chi connectivity index (χ2n) is 3.17. The van der Waals surface area contributed by atoms with Crippen LogP contribution in [0, 0.1) is 5.82 Å². The summed E-state index contributed by atoms with van der Waals surface area (Å²) in [6.45, 7) is 0. The van der Waals surface area contributed by atoms with Crippen LogP contribution in [0.1, 0.15) is 5.56 Å². The Morgan fingerprint density at radius 2 is 2.31 bits per heavy atom. The Balaban J connectivity index is 2.81. The van der Waals surface area contributed by atoms with Gasteiger partial charge in [0, 0.05) is 4.47 Å². The number of methoxy groups -OCH3 is 1. The summed E-state index contributed by atoms with van der Waals surface area (Å²) in [6, 6.07) is 3.70. The van der Waals surface area contributed by atoms with Crippen molar-refractivity contribution in [3.05, 3.63) is 34.1 Å². The molecule has 0 heterocycles. The van der Waals surface area contributed by atoms with E-state index in [1.165, 1.54) is 19.2 Å². The lowest BCUT2D eigenvalue weighted by Gasteiger charge is -2.12. The van der Waals surface area contributed by atoms with E-state index in [1.807, 2.05) is 0 Å². The molecule has 1 aromatic carbocycles. The monoisotopic (exact) mass is 309 g/mol. The smallest absolute Gasteiger partial charge is 0.324 e. The van der Waals surface area contributed by atoms with Crippen LogP contribution in [-0.2, 0) is 16.0 Å².